The van der Waals surface area contributed by atoms with Gasteiger partial charge in [0.1, 0.15) is 0 Å². The zero-order valence-electron chi connectivity index (χ0n) is 17.8. The number of aliphatic hydroxyl groups excluding tert-OH is 1. The van der Waals surface area contributed by atoms with E-state index in [-0.39, 0.29) is 41.7 Å². The van der Waals surface area contributed by atoms with Gasteiger partial charge in [0.05, 0.1) is 29.8 Å². The van der Waals surface area contributed by atoms with E-state index >= 15 is 0 Å². The number of carbonyl (C=O) groups is 1. The van der Waals surface area contributed by atoms with Crippen LogP contribution in [0, 0.1) is 0 Å². The number of aromatic nitrogens is 2. The first-order chi connectivity index (χ1) is 15.5. The standard InChI is InChI=1S/C25H21ClN2O4.ClH/c1-32-21-7-4-15(12-27-21)23(30)22-18-10-17(19(26)11-20(18)28-24(22)31)14-2-5-16(6-3-14)25(13-29)8-9-25;/h2-7,10-12,28-29,31H,8-9,13H2,1H3;1H. The van der Waals surface area contributed by atoms with Crippen molar-refractivity contribution < 1.29 is 19.7 Å². The lowest BCUT2D eigenvalue weighted by Crippen LogP contribution is -2.11. The van der Waals surface area contributed by atoms with Gasteiger partial charge in [-0.1, -0.05) is 35.9 Å². The number of ketones is 1. The highest BCUT2D eigenvalue weighted by Crippen LogP contribution is 2.48. The van der Waals surface area contributed by atoms with Crippen LogP contribution in [0.4, 0.5) is 0 Å². The maximum Gasteiger partial charge on any atom is 0.212 e. The summed E-state index contributed by atoms with van der Waals surface area (Å²) >= 11 is 6.55. The first kappa shape index (κ1) is 23.1. The highest BCUT2D eigenvalue weighted by molar-refractivity contribution is 6.34. The molecule has 0 aliphatic heterocycles. The van der Waals surface area contributed by atoms with Gasteiger partial charge in [0.15, 0.2) is 0 Å². The van der Waals surface area contributed by atoms with E-state index < -0.39 is 0 Å². The minimum atomic E-state index is -0.355. The minimum Gasteiger partial charge on any atom is -0.494 e. The van der Waals surface area contributed by atoms with Gasteiger partial charge in [-0.25, -0.2) is 4.98 Å². The van der Waals surface area contributed by atoms with Crippen LogP contribution in [0.25, 0.3) is 22.0 Å². The Bertz CT molecular complexity index is 1330. The number of fused-ring (bicyclic) bond motifs is 1. The maximum atomic E-state index is 13.2. The van der Waals surface area contributed by atoms with Crippen molar-refractivity contribution in [2.75, 3.05) is 13.7 Å². The number of hydrogen-bond donors (Lipinski definition) is 3. The Morgan fingerprint density at radius 3 is 2.48 bits per heavy atom. The second kappa shape index (κ2) is 8.71. The van der Waals surface area contributed by atoms with Gasteiger partial charge in [0, 0.05) is 34.2 Å². The zero-order chi connectivity index (χ0) is 22.5. The Balaban J connectivity index is 0.00000259. The maximum absolute atomic E-state index is 13.2. The third-order valence-electron chi connectivity index (χ3n) is 6.27. The molecule has 2 heterocycles. The monoisotopic (exact) mass is 484 g/mol. The van der Waals surface area contributed by atoms with Gasteiger partial charge in [0.2, 0.25) is 17.5 Å². The number of nitrogens with zero attached hydrogens (tertiary/aromatic N) is 1. The molecule has 6 nitrogen and oxygen atoms in total. The number of aromatic amines is 1. The normalized spacial score (nSPS) is 14.0. The Morgan fingerprint density at radius 2 is 1.91 bits per heavy atom. The van der Waals surface area contributed by atoms with Gasteiger partial charge in [0.25, 0.3) is 0 Å². The number of aliphatic hydroxyl groups is 1. The van der Waals surface area contributed by atoms with Crippen molar-refractivity contribution in [3.05, 3.63) is 76.4 Å². The molecule has 0 atom stereocenters. The topological polar surface area (TPSA) is 95.4 Å². The molecule has 2 aromatic carbocycles. The molecular formula is C25H22Cl2N2O4. The molecule has 0 unspecified atom stereocenters. The smallest absolute Gasteiger partial charge is 0.212 e. The summed E-state index contributed by atoms with van der Waals surface area (Å²) in [5, 5.41) is 21.2. The molecule has 0 radical (unpaired) electrons. The van der Waals surface area contributed by atoms with E-state index in [0.29, 0.717) is 27.4 Å². The van der Waals surface area contributed by atoms with Crippen LogP contribution in [-0.4, -0.2) is 39.7 Å². The summed E-state index contributed by atoms with van der Waals surface area (Å²) in [4.78, 5) is 20.1. The predicted octanol–water partition coefficient (Wildman–Crippen LogP) is 5.27. The number of benzene rings is 2. The third kappa shape index (κ3) is 3.95. The number of rotatable bonds is 6. The Labute approximate surface area is 201 Å². The SMILES string of the molecule is COc1ccc(C(=O)c2c(O)[nH]c3cc(Cl)c(-c4ccc(C5(CO)CC5)cc4)cc23)cn1.Cl. The summed E-state index contributed by atoms with van der Waals surface area (Å²) in [6, 6.07) is 14.7. The molecule has 1 fully saturated rings. The van der Waals surface area contributed by atoms with Crippen molar-refractivity contribution >= 4 is 40.7 Å². The molecule has 3 N–H and O–H groups in total. The Morgan fingerprint density at radius 1 is 1.18 bits per heavy atom. The van der Waals surface area contributed by atoms with Gasteiger partial charge in [-0.15, -0.1) is 12.4 Å². The van der Waals surface area contributed by atoms with E-state index in [1.165, 1.54) is 13.3 Å². The zero-order valence-corrected chi connectivity index (χ0v) is 19.3. The van der Waals surface area contributed by atoms with Crippen molar-refractivity contribution in [2.24, 2.45) is 0 Å². The Hall–Kier alpha value is -3.06. The van der Waals surface area contributed by atoms with E-state index in [0.717, 1.165) is 29.5 Å². The van der Waals surface area contributed by atoms with Crippen LogP contribution in [-0.2, 0) is 5.41 Å². The van der Waals surface area contributed by atoms with Crippen molar-refractivity contribution in [3.8, 4) is 22.9 Å². The van der Waals surface area contributed by atoms with Crippen LogP contribution in [0.15, 0.2) is 54.7 Å². The molecule has 1 aliphatic carbocycles. The van der Waals surface area contributed by atoms with Gasteiger partial charge in [-0.05, 0) is 42.2 Å². The number of halogens is 2. The molecule has 0 bridgehead atoms. The van der Waals surface area contributed by atoms with E-state index in [4.69, 9.17) is 16.3 Å². The van der Waals surface area contributed by atoms with Gasteiger partial charge >= 0.3 is 0 Å². The van der Waals surface area contributed by atoms with Crippen molar-refractivity contribution in [1.29, 1.82) is 0 Å². The summed E-state index contributed by atoms with van der Waals surface area (Å²) in [5.74, 6) is -0.175. The second-order valence-electron chi connectivity index (χ2n) is 8.16. The minimum absolute atomic E-state index is 0. The van der Waals surface area contributed by atoms with E-state index in [9.17, 15) is 15.0 Å². The molecule has 170 valence electrons. The van der Waals surface area contributed by atoms with Crippen LogP contribution < -0.4 is 4.74 Å². The number of methoxy groups -OCH3 is 1. The van der Waals surface area contributed by atoms with Crippen molar-refractivity contribution in [3.63, 3.8) is 0 Å². The van der Waals surface area contributed by atoms with Crippen LogP contribution >= 0.6 is 24.0 Å². The highest BCUT2D eigenvalue weighted by atomic mass is 35.5. The summed E-state index contributed by atoms with van der Waals surface area (Å²) in [6.07, 6.45) is 3.40. The molecule has 0 saturated heterocycles. The lowest BCUT2D eigenvalue weighted by atomic mass is 9.93. The lowest BCUT2D eigenvalue weighted by molar-refractivity contribution is 0.103. The predicted molar refractivity (Wildman–Crippen MR) is 130 cm³/mol. The van der Waals surface area contributed by atoms with Crippen molar-refractivity contribution in [2.45, 2.75) is 18.3 Å². The molecule has 5 rings (SSSR count). The molecule has 2 aromatic heterocycles. The van der Waals surface area contributed by atoms with Gasteiger partial charge in [-0.2, -0.15) is 0 Å². The van der Waals surface area contributed by atoms with E-state index in [1.807, 2.05) is 30.3 Å². The quantitative estimate of drug-likeness (QED) is 0.323. The number of ether oxygens (including phenoxy) is 1. The highest BCUT2D eigenvalue weighted by Gasteiger charge is 2.43. The first-order valence-corrected chi connectivity index (χ1v) is 10.6. The van der Waals surface area contributed by atoms with Crippen LogP contribution in [0.3, 0.4) is 0 Å². The van der Waals surface area contributed by atoms with Crippen LogP contribution in [0.1, 0.15) is 34.3 Å². The fourth-order valence-corrected chi connectivity index (χ4v) is 4.40. The average molecular weight is 485 g/mol. The van der Waals surface area contributed by atoms with Gasteiger partial charge < -0.3 is 19.9 Å². The van der Waals surface area contributed by atoms with E-state index in [1.54, 1.807) is 18.2 Å². The third-order valence-corrected chi connectivity index (χ3v) is 6.58. The van der Waals surface area contributed by atoms with Crippen molar-refractivity contribution in [1.82, 2.24) is 9.97 Å². The Kier molecular flexibility index (Phi) is 6.10. The number of aromatic hydroxyl groups is 1. The fourth-order valence-electron chi connectivity index (χ4n) is 4.12. The lowest BCUT2D eigenvalue weighted by Gasteiger charge is -2.13. The molecule has 0 spiro atoms. The summed E-state index contributed by atoms with van der Waals surface area (Å²) in [6.45, 7) is 0.146. The summed E-state index contributed by atoms with van der Waals surface area (Å²) in [5.41, 5.74) is 3.71. The molecule has 33 heavy (non-hydrogen) atoms. The number of nitrogens with one attached hydrogen (secondary N) is 1. The van der Waals surface area contributed by atoms with Gasteiger partial charge in [-0.3, -0.25) is 4.79 Å². The molecule has 1 aliphatic rings. The second-order valence-corrected chi connectivity index (χ2v) is 8.57. The molecular weight excluding hydrogens is 463 g/mol. The first-order valence-electron chi connectivity index (χ1n) is 10.3. The largest absolute Gasteiger partial charge is 0.494 e. The van der Waals surface area contributed by atoms with E-state index in [2.05, 4.69) is 9.97 Å². The molecule has 1 saturated carbocycles. The summed E-state index contributed by atoms with van der Waals surface area (Å²) < 4.78 is 5.05. The van der Waals surface area contributed by atoms with Crippen LogP contribution in [0.2, 0.25) is 5.02 Å². The average Bonchev–Trinajstić information content (AvgIpc) is 3.55. The molecule has 0 amide bonds. The molecule has 4 aromatic rings. The fraction of sp³-hybridized carbons (Fsp3) is 0.200. The number of carbonyl (C=O) groups excluding carboxylic acids is 1. The van der Waals surface area contributed by atoms with Crippen LogP contribution in [0.5, 0.6) is 11.8 Å². The number of hydrogen-bond acceptors (Lipinski definition) is 5. The summed E-state index contributed by atoms with van der Waals surface area (Å²) in [7, 11) is 1.50. The number of H-pyrrole nitrogens is 1. The number of pyridine rings is 1. The molecule has 8 heteroatoms.